The van der Waals surface area contributed by atoms with E-state index in [9.17, 15) is 21.6 Å². The summed E-state index contributed by atoms with van der Waals surface area (Å²) in [6.07, 6.45) is -2.66. The molecule has 0 N–H and O–H groups in total. The van der Waals surface area contributed by atoms with Crippen molar-refractivity contribution in [3.8, 4) is 5.69 Å². The van der Waals surface area contributed by atoms with Crippen LogP contribution in [0.5, 0.6) is 0 Å². The van der Waals surface area contributed by atoms with Crippen molar-refractivity contribution in [1.29, 1.82) is 0 Å². The summed E-state index contributed by atoms with van der Waals surface area (Å²) in [6, 6.07) is 4.35. The summed E-state index contributed by atoms with van der Waals surface area (Å²) in [6.45, 7) is 0.287. The van der Waals surface area contributed by atoms with Gasteiger partial charge in [-0.05, 0) is 54.1 Å². The number of aromatic nitrogens is 4. The Kier molecular flexibility index (Phi) is 4.54. The number of halogens is 3. The molecule has 0 bridgehead atoms. The molecule has 11 heteroatoms. The van der Waals surface area contributed by atoms with E-state index in [-0.39, 0.29) is 23.7 Å². The molecule has 1 aliphatic heterocycles. The molecule has 0 saturated carbocycles. The number of hydrogen-bond donors (Lipinski definition) is 0. The molecule has 0 spiro atoms. The number of nitrogens with zero attached hydrogens (tertiary/aromatic N) is 5. The predicted octanol–water partition coefficient (Wildman–Crippen LogP) is 1.59. The molecule has 1 saturated heterocycles. The minimum atomic E-state index is -4.29. The Morgan fingerprint density at radius 3 is 2.52 bits per heavy atom. The zero-order chi connectivity index (χ0) is 18.2. The molecule has 1 fully saturated rings. The Labute approximate surface area is 142 Å². The Hall–Kier alpha value is -2.01. The topological polar surface area (TPSA) is 81.0 Å². The van der Waals surface area contributed by atoms with E-state index in [4.69, 9.17) is 0 Å². The minimum Gasteiger partial charge on any atom is -0.285 e. The van der Waals surface area contributed by atoms with Crippen LogP contribution in [-0.4, -0.2) is 58.5 Å². The van der Waals surface area contributed by atoms with Crippen LogP contribution in [-0.2, 0) is 16.4 Å². The van der Waals surface area contributed by atoms with Gasteiger partial charge in [-0.25, -0.2) is 8.42 Å². The second-order valence-corrected chi connectivity index (χ2v) is 7.96. The van der Waals surface area contributed by atoms with E-state index in [1.165, 1.54) is 33.8 Å². The highest BCUT2D eigenvalue weighted by atomic mass is 32.2. The summed E-state index contributed by atoms with van der Waals surface area (Å²) in [4.78, 5) is 1.45. The number of benzene rings is 1. The fourth-order valence-electron chi connectivity index (χ4n) is 2.91. The molecular weight excluding hydrogens is 359 g/mol. The maximum atomic E-state index is 13.1. The first-order valence-corrected chi connectivity index (χ1v) is 9.44. The molecule has 0 unspecified atom stereocenters. The van der Waals surface area contributed by atoms with Crippen LogP contribution in [0.1, 0.15) is 18.7 Å². The minimum absolute atomic E-state index is 0.0367. The van der Waals surface area contributed by atoms with Crippen molar-refractivity contribution in [3.63, 3.8) is 0 Å². The van der Waals surface area contributed by atoms with Gasteiger partial charge in [-0.15, -0.1) is 5.10 Å². The molecule has 136 valence electrons. The van der Waals surface area contributed by atoms with Crippen molar-refractivity contribution in [3.05, 3.63) is 30.1 Å². The van der Waals surface area contributed by atoms with Gasteiger partial charge in [0.15, 0.2) is 15.7 Å². The molecule has 1 atom stereocenters. The van der Waals surface area contributed by atoms with Crippen LogP contribution < -0.4 is 0 Å². The Morgan fingerprint density at radius 2 is 1.92 bits per heavy atom. The van der Waals surface area contributed by atoms with Crippen LogP contribution in [0.3, 0.4) is 0 Å². The summed E-state index contributed by atoms with van der Waals surface area (Å²) in [5.74, 6) is 0.267. The van der Waals surface area contributed by atoms with Gasteiger partial charge in [0.1, 0.15) is 6.04 Å². The fraction of sp³-hybridized carbons (Fsp3) is 0.500. The molecular formula is C14H16F3N5O2S. The Morgan fingerprint density at radius 1 is 1.24 bits per heavy atom. The summed E-state index contributed by atoms with van der Waals surface area (Å²) in [5.41, 5.74) is 0.482. The van der Waals surface area contributed by atoms with Crippen molar-refractivity contribution in [2.24, 2.45) is 0 Å². The van der Waals surface area contributed by atoms with Gasteiger partial charge in [0.2, 0.25) is 0 Å². The maximum Gasteiger partial charge on any atom is 0.404 e. The van der Waals surface area contributed by atoms with Gasteiger partial charge in [0.25, 0.3) is 0 Å². The number of rotatable bonds is 4. The molecule has 2 heterocycles. The number of alkyl halides is 3. The number of sulfone groups is 1. The quantitative estimate of drug-likeness (QED) is 0.807. The number of tetrazole rings is 1. The number of hydrogen-bond acceptors (Lipinski definition) is 6. The van der Waals surface area contributed by atoms with E-state index >= 15 is 0 Å². The van der Waals surface area contributed by atoms with Crippen molar-refractivity contribution in [2.75, 3.05) is 12.8 Å². The Balaban J connectivity index is 1.84. The molecule has 3 rings (SSSR count). The van der Waals surface area contributed by atoms with Crippen LogP contribution in [0.25, 0.3) is 5.69 Å². The van der Waals surface area contributed by atoms with Gasteiger partial charge in [-0.1, -0.05) is 0 Å². The molecule has 1 aromatic heterocycles. The molecule has 7 nitrogen and oxygen atoms in total. The van der Waals surface area contributed by atoms with Crippen LogP contribution in [0.2, 0.25) is 0 Å². The van der Waals surface area contributed by atoms with Gasteiger partial charge in [-0.2, -0.15) is 17.9 Å². The van der Waals surface area contributed by atoms with E-state index in [0.29, 0.717) is 18.7 Å². The zero-order valence-electron chi connectivity index (χ0n) is 13.3. The van der Waals surface area contributed by atoms with Crippen LogP contribution in [0.4, 0.5) is 13.2 Å². The van der Waals surface area contributed by atoms with E-state index in [1.54, 1.807) is 0 Å². The van der Waals surface area contributed by atoms with Gasteiger partial charge < -0.3 is 0 Å². The van der Waals surface area contributed by atoms with Crippen molar-refractivity contribution in [2.45, 2.75) is 36.5 Å². The first-order chi connectivity index (χ1) is 11.7. The summed E-state index contributed by atoms with van der Waals surface area (Å²) < 4.78 is 63.5. The lowest BCUT2D eigenvalue weighted by atomic mass is 10.2. The van der Waals surface area contributed by atoms with E-state index in [2.05, 4.69) is 15.5 Å². The van der Waals surface area contributed by atoms with Crippen molar-refractivity contribution >= 4 is 9.84 Å². The normalized spacial score (nSPS) is 19.4. The maximum absolute atomic E-state index is 13.1. The molecule has 1 aromatic carbocycles. The van der Waals surface area contributed by atoms with Crippen molar-refractivity contribution < 1.29 is 21.6 Å². The highest BCUT2D eigenvalue weighted by Gasteiger charge is 2.46. The summed E-state index contributed by atoms with van der Waals surface area (Å²) in [7, 11) is -3.33. The molecule has 1 aliphatic rings. The molecule has 25 heavy (non-hydrogen) atoms. The molecule has 0 amide bonds. The van der Waals surface area contributed by atoms with Crippen molar-refractivity contribution in [1.82, 2.24) is 25.1 Å². The molecule has 0 aliphatic carbocycles. The third-order valence-electron chi connectivity index (χ3n) is 4.13. The SMILES string of the molecule is CS(=O)(=O)c1ccc(-n2nnnc2CN2CCC[C@H]2C(F)(F)F)cc1. The van der Waals surface area contributed by atoms with Crippen LogP contribution in [0.15, 0.2) is 29.2 Å². The van der Waals surface area contributed by atoms with Gasteiger partial charge in [-0.3, -0.25) is 4.90 Å². The monoisotopic (exact) mass is 375 g/mol. The van der Waals surface area contributed by atoms with E-state index < -0.39 is 22.1 Å². The lowest BCUT2D eigenvalue weighted by Gasteiger charge is -2.25. The standard InChI is InChI=1S/C14H16F3N5O2S/c1-25(23,24)11-6-4-10(5-7-11)22-13(18-19-20-22)9-21-8-2-3-12(21)14(15,16)17/h4-7,12H,2-3,8-9H2,1H3/t12-/m0/s1. The highest BCUT2D eigenvalue weighted by Crippen LogP contribution is 2.33. The third kappa shape index (κ3) is 3.82. The lowest BCUT2D eigenvalue weighted by molar-refractivity contribution is -0.177. The molecule has 2 aromatic rings. The predicted molar refractivity (Wildman–Crippen MR) is 81.8 cm³/mol. The van der Waals surface area contributed by atoms with Gasteiger partial charge in [0.05, 0.1) is 17.1 Å². The van der Waals surface area contributed by atoms with Crippen LogP contribution >= 0.6 is 0 Å². The lowest BCUT2D eigenvalue weighted by Crippen LogP contribution is -2.41. The average molecular weight is 375 g/mol. The smallest absolute Gasteiger partial charge is 0.285 e. The summed E-state index contributed by atoms with van der Waals surface area (Å²) in [5, 5.41) is 11.2. The average Bonchev–Trinajstić information content (AvgIpc) is 3.15. The molecule has 0 radical (unpaired) electrons. The van der Waals surface area contributed by atoms with Gasteiger partial charge in [0, 0.05) is 6.26 Å². The summed E-state index contributed by atoms with van der Waals surface area (Å²) >= 11 is 0. The fourth-order valence-corrected chi connectivity index (χ4v) is 3.54. The first kappa shape index (κ1) is 17.8. The second-order valence-electron chi connectivity index (χ2n) is 5.94. The largest absolute Gasteiger partial charge is 0.404 e. The van der Waals surface area contributed by atoms with Crippen LogP contribution in [0, 0.1) is 0 Å². The third-order valence-corrected chi connectivity index (χ3v) is 5.26. The highest BCUT2D eigenvalue weighted by molar-refractivity contribution is 7.90. The number of likely N-dealkylation sites (tertiary alicyclic amines) is 1. The second kappa shape index (κ2) is 6.37. The Bertz CT molecular complexity index is 848. The van der Waals surface area contributed by atoms with Gasteiger partial charge >= 0.3 is 6.18 Å². The van der Waals surface area contributed by atoms with E-state index in [1.807, 2.05) is 0 Å². The zero-order valence-corrected chi connectivity index (χ0v) is 14.1. The van der Waals surface area contributed by atoms with E-state index in [0.717, 1.165) is 6.26 Å². The first-order valence-electron chi connectivity index (χ1n) is 7.55.